The molecule has 0 heterocycles. The van der Waals surface area contributed by atoms with Gasteiger partial charge in [0, 0.05) is 18.7 Å². The van der Waals surface area contributed by atoms with Crippen molar-refractivity contribution >= 4 is 11.6 Å². The Balaban J connectivity index is 2.61. The molecule has 0 bridgehead atoms. The molecule has 1 aromatic carbocycles. The molecule has 96 valence electrons. The number of ether oxygens (including phenoxy) is 1. The summed E-state index contributed by atoms with van der Waals surface area (Å²) in [5.74, 6) is 0.685. The van der Waals surface area contributed by atoms with E-state index in [2.05, 4.69) is 19.2 Å². The summed E-state index contributed by atoms with van der Waals surface area (Å²) in [4.78, 5) is 0. The highest BCUT2D eigenvalue weighted by molar-refractivity contribution is 6.32. The van der Waals surface area contributed by atoms with Gasteiger partial charge in [-0.3, -0.25) is 0 Å². The van der Waals surface area contributed by atoms with Gasteiger partial charge < -0.3 is 15.2 Å². The lowest BCUT2D eigenvalue weighted by molar-refractivity contribution is 0.230. The minimum Gasteiger partial charge on any atom is -0.495 e. The van der Waals surface area contributed by atoms with Crippen molar-refractivity contribution in [3.05, 3.63) is 28.8 Å². The molecule has 0 radical (unpaired) electrons. The quantitative estimate of drug-likeness (QED) is 0.823. The smallest absolute Gasteiger partial charge is 0.137 e. The van der Waals surface area contributed by atoms with Crippen LogP contribution >= 0.6 is 11.6 Å². The number of nitrogens with one attached hydrogen (secondary N) is 1. The predicted octanol–water partition coefficient (Wildman–Crippen LogP) is 2.60. The fourth-order valence-electron chi connectivity index (χ4n) is 1.53. The molecule has 0 atom stereocenters. The Morgan fingerprint density at radius 3 is 2.65 bits per heavy atom. The number of rotatable bonds is 6. The molecule has 3 nitrogen and oxygen atoms in total. The molecule has 2 N–H and O–H groups in total. The summed E-state index contributed by atoms with van der Waals surface area (Å²) < 4.78 is 5.10. The van der Waals surface area contributed by atoms with Crippen molar-refractivity contribution in [2.45, 2.75) is 32.4 Å². The van der Waals surface area contributed by atoms with Crippen LogP contribution in [-0.2, 0) is 6.54 Å². The lowest BCUT2D eigenvalue weighted by atomic mass is 10.0. The summed E-state index contributed by atoms with van der Waals surface area (Å²) in [7, 11) is 1.60. The third-order valence-corrected chi connectivity index (χ3v) is 3.02. The van der Waals surface area contributed by atoms with Crippen molar-refractivity contribution in [3.8, 4) is 5.75 Å². The van der Waals surface area contributed by atoms with E-state index >= 15 is 0 Å². The number of benzene rings is 1. The first kappa shape index (κ1) is 14.3. The maximum absolute atomic E-state index is 8.93. The van der Waals surface area contributed by atoms with Gasteiger partial charge in [0.1, 0.15) is 5.75 Å². The summed E-state index contributed by atoms with van der Waals surface area (Å²) in [6.07, 6.45) is 0.719. The van der Waals surface area contributed by atoms with E-state index in [1.54, 1.807) is 7.11 Å². The van der Waals surface area contributed by atoms with Gasteiger partial charge in [0.15, 0.2) is 0 Å². The van der Waals surface area contributed by atoms with E-state index in [1.165, 1.54) is 0 Å². The Labute approximate surface area is 108 Å². The molecule has 0 aliphatic heterocycles. The molecule has 0 saturated heterocycles. The van der Waals surface area contributed by atoms with Gasteiger partial charge in [0.2, 0.25) is 0 Å². The Morgan fingerprint density at radius 2 is 2.12 bits per heavy atom. The van der Waals surface area contributed by atoms with E-state index in [9.17, 15) is 0 Å². The first-order chi connectivity index (χ1) is 7.98. The van der Waals surface area contributed by atoms with E-state index < -0.39 is 0 Å². The molecule has 0 aliphatic carbocycles. The van der Waals surface area contributed by atoms with Gasteiger partial charge in [-0.2, -0.15) is 0 Å². The predicted molar refractivity (Wildman–Crippen MR) is 70.6 cm³/mol. The van der Waals surface area contributed by atoms with Gasteiger partial charge in [-0.15, -0.1) is 0 Å². The van der Waals surface area contributed by atoms with Crippen LogP contribution in [0.15, 0.2) is 18.2 Å². The molecule has 4 heteroatoms. The van der Waals surface area contributed by atoms with Gasteiger partial charge in [0.05, 0.1) is 12.1 Å². The summed E-state index contributed by atoms with van der Waals surface area (Å²) in [5, 5.41) is 12.9. The largest absolute Gasteiger partial charge is 0.495 e. The Bertz CT molecular complexity index is 366. The maximum Gasteiger partial charge on any atom is 0.137 e. The molecule has 1 aromatic rings. The highest BCUT2D eigenvalue weighted by Gasteiger charge is 2.15. The molecular formula is C13H20ClNO2. The van der Waals surface area contributed by atoms with Crippen LogP contribution < -0.4 is 10.1 Å². The van der Waals surface area contributed by atoms with E-state index in [0.29, 0.717) is 10.8 Å². The molecule has 0 saturated carbocycles. The number of aliphatic hydroxyl groups is 1. The molecule has 17 heavy (non-hydrogen) atoms. The van der Waals surface area contributed by atoms with Crippen LogP contribution in [0.25, 0.3) is 0 Å². The monoisotopic (exact) mass is 257 g/mol. The topological polar surface area (TPSA) is 41.5 Å². The molecule has 0 aliphatic rings. The number of halogens is 1. The van der Waals surface area contributed by atoms with Crippen LogP contribution in [0.2, 0.25) is 5.02 Å². The van der Waals surface area contributed by atoms with Gasteiger partial charge in [-0.1, -0.05) is 17.7 Å². The number of hydrogen-bond donors (Lipinski definition) is 2. The van der Waals surface area contributed by atoms with E-state index in [4.69, 9.17) is 21.4 Å². The zero-order valence-electron chi connectivity index (χ0n) is 10.6. The standard InChI is InChI=1S/C13H20ClNO2/c1-13(2,6-7-16)15-9-10-4-5-12(17-3)11(14)8-10/h4-5,8,15-16H,6-7,9H2,1-3H3. The highest BCUT2D eigenvalue weighted by Crippen LogP contribution is 2.25. The SMILES string of the molecule is COc1ccc(CNC(C)(C)CCO)cc1Cl. The second-order valence-corrected chi connectivity index (χ2v) is 5.09. The average Bonchev–Trinajstić information content (AvgIpc) is 2.27. The molecule has 0 unspecified atom stereocenters. The van der Waals surface area contributed by atoms with Gasteiger partial charge in [-0.25, -0.2) is 0 Å². The Hall–Kier alpha value is -0.770. The van der Waals surface area contributed by atoms with Crippen molar-refractivity contribution in [1.29, 1.82) is 0 Å². The highest BCUT2D eigenvalue weighted by atomic mass is 35.5. The summed E-state index contributed by atoms with van der Waals surface area (Å²) in [5.41, 5.74) is 1.02. The molecule has 0 amide bonds. The third kappa shape index (κ3) is 4.54. The van der Waals surface area contributed by atoms with E-state index in [0.717, 1.165) is 18.5 Å². The summed E-state index contributed by atoms with van der Waals surface area (Å²) >= 11 is 6.05. The zero-order chi connectivity index (χ0) is 12.9. The van der Waals surface area contributed by atoms with Crippen molar-refractivity contribution in [3.63, 3.8) is 0 Å². The van der Waals surface area contributed by atoms with Crippen molar-refractivity contribution < 1.29 is 9.84 Å². The van der Waals surface area contributed by atoms with Gasteiger partial charge >= 0.3 is 0 Å². The second-order valence-electron chi connectivity index (χ2n) is 4.68. The molecule has 0 spiro atoms. The zero-order valence-corrected chi connectivity index (χ0v) is 11.3. The van der Waals surface area contributed by atoms with Gasteiger partial charge in [0.25, 0.3) is 0 Å². The third-order valence-electron chi connectivity index (χ3n) is 2.72. The number of hydrogen-bond acceptors (Lipinski definition) is 3. The lowest BCUT2D eigenvalue weighted by Gasteiger charge is -2.25. The minimum atomic E-state index is -0.0822. The molecule has 0 fully saturated rings. The normalized spacial score (nSPS) is 11.6. The fraction of sp³-hybridized carbons (Fsp3) is 0.538. The van der Waals surface area contributed by atoms with Crippen LogP contribution in [0.5, 0.6) is 5.75 Å². The summed E-state index contributed by atoms with van der Waals surface area (Å²) in [6.45, 7) is 5.03. The lowest BCUT2D eigenvalue weighted by Crippen LogP contribution is -2.39. The summed E-state index contributed by atoms with van der Waals surface area (Å²) in [6, 6.07) is 5.73. The van der Waals surface area contributed by atoms with Crippen LogP contribution in [0.3, 0.4) is 0 Å². The van der Waals surface area contributed by atoms with Gasteiger partial charge in [-0.05, 0) is 38.0 Å². The van der Waals surface area contributed by atoms with Crippen LogP contribution in [-0.4, -0.2) is 24.4 Å². The van der Waals surface area contributed by atoms with Crippen LogP contribution in [0.1, 0.15) is 25.8 Å². The minimum absolute atomic E-state index is 0.0822. The first-order valence-electron chi connectivity index (χ1n) is 5.67. The van der Waals surface area contributed by atoms with Crippen molar-refractivity contribution in [2.75, 3.05) is 13.7 Å². The van der Waals surface area contributed by atoms with E-state index in [-0.39, 0.29) is 12.1 Å². The molecular weight excluding hydrogens is 238 g/mol. The Kier molecular flexibility index (Phi) is 5.25. The number of aliphatic hydroxyl groups excluding tert-OH is 1. The number of methoxy groups -OCH3 is 1. The van der Waals surface area contributed by atoms with Crippen LogP contribution in [0, 0.1) is 0 Å². The first-order valence-corrected chi connectivity index (χ1v) is 6.04. The molecule has 1 rings (SSSR count). The maximum atomic E-state index is 8.93. The average molecular weight is 258 g/mol. The second kappa shape index (κ2) is 6.24. The van der Waals surface area contributed by atoms with Crippen LogP contribution in [0.4, 0.5) is 0 Å². The van der Waals surface area contributed by atoms with E-state index in [1.807, 2.05) is 18.2 Å². The van der Waals surface area contributed by atoms with Crippen molar-refractivity contribution in [1.82, 2.24) is 5.32 Å². The van der Waals surface area contributed by atoms with Crippen molar-refractivity contribution in [2.24, 2.45) is 0 Å². The fourth-order valence-corrected chi connectivity index (χ4v) is 1.81. The Morgan fingerprint density at radius 1 is 1.41 bits per heavy atom. The molecule has 0 aromatic heterocycles.